The van der Waals surface area contributed by atoms with Crippen LogP contribution in [0.25, 0.3) is 15.9 Å². The lowest BCUT2D eigenvalue weighted by Crippen LogP contribution is -2.22. The van der Waals surface area contributed by atoms with Gasteiger partial charge in [0.05, 0.1) is 22.0 Å². The number of nitrogens with zero attached hydrogens (tertiary/aromatic N) is 2. The molecule has 1 aliphatic rings. The van der Waals surface area contributed by atoms with Crippen LogP contribution in [0.4, 0.5) is 5.69 Å². The number of hydrogen-bond acceptors (Lipinski definition) is 7. The van der Waals surface area contributed by atoms with Crippen molar-refractivity contribution in [3.05, 3.63) is 69.3 Å². The van der Waals surface area contributed by atoms with Gasteiger partial charge in [-0.05, 0) is 35.7 Å². The van der Waals surface area contributed by atoms with Crippen LogP contribution >= 0.6 is 34.7 Å². The first-order chi connectivity index (χ1) is 15.6. The predicted octanol–water partition coefficient (Wildman–Crippen LogP) is 4.60. The average Bonchev–Trinajstić information content (AvgIpc) is 3.28. The Morgan fingerprint density at radius 2 is 1.97 bits per heavy atom. The van der Waals surface area contributed by atoms with Crippen LogP contribution in [0.2, 0.25) is 5.02 Å². The minimum absolute atomic E-state index is 0.0565. The molecule has 2 aromatic heterocycles. The molecule has 1 aliphatic heterocycles. The van der Waals surface area contributed by atoms with Crippen molar-refractivity contribution in [2.45, 2.75) is 5.16 Å². The van der Waals surface area contributed by atoms with E-state index in [-0.39, 0.29) is 17.2 Å². The topological polar surface area (TPSA) is 82.5 Å². The summed E-state index contributed by atoms with van der Waals surface area (Å²) in [6.45, 7) is 0.973. The molecule has 0 radical (unpaired) electrons. The fourth-order valence-corrected chi connectivity index (χ4v) is 5.07. The summed E-state index contributed by atoms with van der Waals surface area (Å²) in [5, 5.41) is 5.48. The zero-order valence-corrected chi connectivity index (χ0v) is 18.9. The molecule has 0 saturated heterocycles. The molecule has 0 fully saturated rings. The minimum Gasteiger partial charge on any atom is -0.486 e. The summed E-state index contributed by atoms with van der Waals surface area (Å²) in [7, 11) is 0. The van der Waals surface area contributed by atoms with E-state index in [2.05, 4.69) is 10.3 Å². The van der Waals surface area contributed by atoms with Crippen LogP contribution in [0.15, 0.2) is 63.9 Å². The van der Waals surface area contributed by atoms with E-state index in [0.717, 1.165) is 0 Å². The van der Waals surface area contributed by atoms with Gasteiger partial charge >= 0.3 is 0 Å². The van der Waals surface area contributed by atoms with Crippen molar-refractivity contribution in [3.63, 3.8) is 0 Å². The Labute approximate surface area is 195 Å². The van der Waals surface area contributed by atoms with Gasteiger partial charge in [-0.3, -0.25) is 14.2 Å². The molecule has 10 heteroatoms. The standard InChI is InChI=1S/C22H16ClN3O4S2/c23-14-3-1-2-4-16(14)26-21(28)20-15(7-10-31-20)25-22(26)32-12-19(27)24-13-5-6-17-18(11-13)30-9-8-29-17/h1-7,10-11H,8-9,12H2,(H,24,27). The van der Waals surface area contributed by atoms with Gasteiger partial charge in [0.1, 0.15) is 17.9 Å². The van der Waals surface area contributed by atoms with Gasteiger partial charge < -0.3 is 14.8 Å². The van der Waals surface area contributed by atoms with E-state index in [4.69, 9.17) is 21.1 Å². The lowest BCUT2D eigenvalue weighted by atomic mass is 10.2. The van der Waals surface area contributed by atoms with Crippen LogP contribution in [-0.4, -0.2) is 34.4 Å². The summed E-state index contributed by atoms with van der Waals surface area (Å²) < 4.78 is 13.1. The number of thiophene rings is 1. The van der Waals surface area contributed by atoms with Crippen molar-refractivity contribution in [2.24, 2.45) is 0 Å². The summed E-state index contributed by atoms with van der Waals surface area (Å²) in [6, 6.07) is 14.1. The molecular weight excluding hydrogens is 470 g/mol. The van der Waals surface area contributed by atoms with E-state index in [0.29, 0.717) is 56.5 Å². The van der Waals surface area contributed by atoms with Gasteiger partial charge in [0.2, 0.25) is 5.91 Å². The van der Waals surface area contributed by atoms with Gasteiger partial charge in [-0.2, -0.15) is 0 Å². The molecule has 2 aromatic carbocycles. The normalized spacial score (nSPS) is 12.7. The number of anilines is 1. The van der Waals surface area contributed by atoms with Crippen LogP contribution in [0, 0.1) is 0 Å². The number of halogens is 1. The number of rotatable bonds is 5. The second-order valence-electron chi connectivity index (χ2n) is 6.82. The van der Waals surface area contributed by atoms with Crippen molar-refractivity contribution in [1.82, 2.24) is 9.55 Å². The lowest BCUT2D eigenvalue weighted by Gasteiger charge is -2.19. The minimum atomic E-state index is -0.239. The van der Waals surface area contributed by atoms with Crippen LogP contribution in [0.3, 0.4) is 0 Å². The number of carbonyl (C=O) groups excluding carboxylic acids is 1. The Morgan fingerprint density at radius 1 is 1.16 bits per heavy atom. The molecule has 4 aromatic rings. The second kappa shape index (κ2) is 8.85. The highest BCUT2D eigenvalue weighted by Gasteiger charge is 2.18. The zero-order valence-electron chi connectivity index (χ0n) is 16.5. The number of thioether (sulfide) groups is 1. The molecule has 0 unspecified atom stereocenters. The molecule has 0 saturated carbocycles. The average molecular weight is 486 g/mol. The van der Waals surface area contributed by atoms with Crippen LogP contribution in [-0.2, 0) is 4.79 Å². The van der Waals surface area contributed by atoms with Gasteiger partial charge in [-0.1, -0.05) is 35.5 Å². The molecule has 0 aliphatic carbocycles. The largest absolute Gasteiger partial charge is 0.486 e. The zero-order chi connectivity index (χ0) is 22.1. The van der Waals surface area contributed by atoms with Gasteiger partial charge in [-0.25, -0.2) is 4.98 Å². The van der Waals surface area contributed by atoms with Crippen LogP contribution < -0.4 is 20.3 Å². The highest BCUT2D eigenvalue weighted by atomic mass is 35.5. The van der Waals surface area contributed by atoms with E-state index in [1.54, 1.807) is 48.5 Å². The fourth-order valence-electron chi connectivity index (χ4n) is 3.28. The fraction of sp³-hybridized carbons (Fsp3) is 0.136. The van der Waals surface area contributed by atoms with Crippen molar-refractivity contribution in [1.29, 1.82) is 0 Å². The molecule has 1 amide bonds. The number of fused-ring (bicyclic) bond motifs is 2. The molecule has 3 heterocycles. The Balaban J connectivity index is 1.40. The molecule has 0 spiro atoms. The summed E-state index contributed by atoms with van der Waals surface area (Å²) in [5.41, 5.74) is 1.51. The molecule has 1 N–H and O–H groups in total. The number of benzene rings is 2. The molecule has 7 nitrogen and oxygen atoms in total. The third kappa shape index (κ3) is 4.06. The lowest BCUT2D eigenvalue weighted by molar-refractivity contribution is -0.113. The first kappa shape index (κ1) is 20.9. The first-order valence-corrected chi connectivity index (χ1v) is 11.9. The van der Waals surface area contributed by atoms with E-state index < -0.39 is 0 Å². The maximum Gasteiger partial charge on any atom is 0.276 e. The van der Waals surface area contributed by atoms with Gasteiger partial charge in [0.15, 0.2) is 16.7 Å². The smallest absolute Gasteiger partial charge is 0.276 e. The summed E-state index contributed by atoms with van der Waals surface area (Å²) in [4.78, 5) is 30.4. The number of carbonyl (C=O) groups is 1. The molecule has 162 valence electrons. The molecular formula is C22H16ClN3O4S2. The summed E-state index contributed by atoms with van der Waals surface area (Å²) in [5.74, 6) is 1.07. The van der Waals surface area contributed by atoms with Gasteiger partial charge in [-0.15, -0.1) is 11.3 Å². The highest BCUT2D eigenvalue weighted by Crippen LogP contribution is 2.33. The maximum atomic E-state index is 13.2. The monoisotopic (exact) mass is 485 g/mol. The summed E-state index contributed by atoms with van der Waals surface area (Å²) >= 11 is 8.86. The Morgan fingerprint density at radius 3 is 2.81 bits per heavy atom. The van der Waals surface area contributed by atoms with Crippen molar-refractivity contribution in [2.75, 3.05) is 24.3 Å². The third-order valence-electron chi connectivity index (χ3n) is 4.70. The van der Waals surface area contributed by atoms with Crippen molar-refractivity contribution >= 4 is 56.5 Å². The number of ether oxygens (including phenoxy) is 2. The van der Waals surface area contributed by atoms with Crippen LogP contribution in [0.1, 0.15) is 0 Å². The Kier molecular flexibility index (Phi) is 5.77. The maximum absolute atomic E-state index is 13.2. The van der Waals surface area contributed by atoms with Gasteiger partial charge in [0.25, 0.3) is 5.56 Å². The summed E-state index contributed by atoms with van der Waals surface area (Å²) in [6.07, 6.45) is 0. The number of amides is 1. The molecule has 5 rings (SSSR count). The molecule has 0 atom stereocenters. The third-order valence-corrected chi connectivity index (χ3v) is 6.85. The molecule has 0 bridgehead atoms. The van der Waals surface area contributed by atoms with E-state index in [1.165, 1.54) is 27.7 Å². The highest BCUT2D eigenvalue weighted by molar-refractivity contribution is 7.99. The Hall–Kier alpha value is -3.01. The number of aromatic nitrogens is 2. The SMILES string of the molecule is O=C(CSc1nc2ccsc2c(=O)n1-c1ccccc1Cl)Nc1ccc2c(c1)OCCO2. The molecule has 32 heavy (non-hydrogen) atoms. The van der Waals surface area contributed by atoms with E-state index in [1.807, 2.05) is 5.38 Å². The predicted molar refractivity (Wildman–Crippen MR) is 127 cm³/mol. The Bertz CT molecular complexity index is 1390. The number of hydrogen-bond donors (Lipinski definition) is 1. The second-order valence-corrected chi connectivity index (χ2v) is 9.08. The number of nitrogens with one attached hydrogen (secondary N) is 1. The van der Waals surface area contributed by atoms with Crippen molar-refractivity contribution < 1.29 is 14.3 Å². The van der Waals surface area contributed by atoms with Gasteiger partial charge in [0, 0.05) is 11.8 Å². The van der Waals surface area contributed by atoms with E-state index >= 15 is 0 Å². The quantitative estimate of drug-likeness (QED) is 0.328. The first-order valence-electron chi connectivity index (χ1n) is 9.67. The van der Waals surface area contributed by atoms with Crippen molar-refractivity contribution in [3.8, 4) is 17.2 Å². The van der Waals surface area contributed by atoms with E-state index in [9.17, 15) is 9.59 Å². The van der Waals surface area contributed by atoms with Crippen LogP contribution in [0.5, 0.6) is 11.5 Å². The number of para-hydroxylation sites is 1.